The van der Waals surface area contributed by atoms with Gasteiger partial charge in [-0.2, -0.15) is 0 Å². The van der Waals surface area contributed by atoms with Gasteiger partial charge in [0.2, 0.25) is 10.0 Å². The Morgan fingerprint density at radius 3 is 2.42 bits per heavy atom. The molecule has 0 aliphatic heterocycles. The molecular formula is C22H28N2O6S. The zero-order valence-corrected chi connectivity index (χ0v) is 18.7. The van der Waals surface area contributed by atoms with E-state index in [1.54, 1.807) is 13.8 Å². The van der Waals surface area contributed by atoms with Crippen molar-refractivity contribution in [3.8, 4) is 5.75 Å². The van der Waals surface area contributed by atoms with Gasteiger partial charge in [-0.05, 0) is 50.5 Å². The van der Waals surface area contributed by atoms with E-state index in [4.69, 9.17) is 9.47 Å². The van der Waals surface area contributed by atoms with Gasteiger partial charge in [-0.25, -0.2) is 17.9 Å². The molecule has 0 spiro atoms. The first-order valence-electron chi connectivity index (χ1n) is 9.91. The standard InChI is InChI=1S/C22H28N2O6S/c1-16(2)24-31(27,28)20-14-18(11-12-19(20)29-3)22(26)30-15-21(25)23-13-7-10-17-8-5-4-6-9-17/h4-6,8-9,11-12,14,16,24H,7,10,13,15H2,1-3H3,(H,23,25). The van der Waals surface area contributed by atoms with Gasteiger partial charge in [-0.15, -0.1) is 0 Å². The largest absolute Gasteiger partial charge is 0.495 e. The van der Waals surface area contributed by atoms with E-state index in [9.17, 15) is 18.0 Å². The van der Waals surface area contributed by atoms with E-state index in [2.05, 4.69) is 10.0 Å². The molecule has 0 atom stereocenters. The molecule has 0 aromatic heterocycles. The first-order chi connectivity index (χ1) is 14.7. The normalized spacial score (nSPS) is 11.2. The lowest BCUT2D eigenvalue weighted by atomic mass is 10.1. The minimum atomic E-state index is -3.89. The predicted octanol–water partition coefficient (Wildman–Crippen LogP) is 2.29. The second-order valence-corrected chi connectivity index (χ2v) is 8.84. The highest BCUT2D eigenvalue weighted by Gasteiger charge is 2.23. The second kappa shape index (κ2) is 11.5. The zero-order chi connectivity index (χ0) is 22.9. The highest BCUT2D eigenvalue weighted by atomic mass is 32.2. The average Bonchev–Trinajstić information content (AvgIpc) is 2.74. The molecule has 31 heavy (non-hydrogen) atoms. The molecule has 0 bridgehead atoms. The maximum absolute atomic E-state index is 12.5. The topological polar surface area (TPSA) is 111 Å². The number of aryl methyl sites for hydroxylation is 1. The Balaban J connectivity index is 1.90. The molecule has 2 aromatic rings. The number of rotatable bonds is 11. The van der Waals surface area contributed by atoms with Crippen molar-refractivity contribution in [2.24, 2.45) is 0 Å². The zero-order valence-electron chi connectivity index (χ0n) is 17.9. The molecule has 0 fully saturated rings. The minimum Gasteiger partial charge on any atom is -0.495 e. The summed E-state index contributed by atoms with van der Waals surface area (Å²) in [6, 6.07) is 13.5. The lowest BCUT2D eigenvalue weighted by Crippen LogP contribution is -2.31. The van der Waals surface area contributed by atoms with E-state index in [-0.39, 0.29) is 22.3 Å². The van der Waals surface area contributed by atoms with Crippen LogP contribution in [-0.2, 0) is 26.0 Å². The second-order valence-electron chi connectivity index (χ2n) is 7.16. The SMILES string of the molecule is COc1ccc(C(=O)OCC(=O)NCCCc2ccccc2)cc1S(=O)(=O)NC(C)C. The van der Waals surface area contributed by atoms with Crippen molar-refractivity contribution in [3.63, 3.8) is 0 Å². The number of esters is 1. The number of benzene rings is 2. The molecule has 2 rings (SSSR count). The molecule has 8 nitrogen and oxygen atoms in total. The van der Waals surface area contributed by atoms with E-state index < -0.39 is 28.5 Å². The molecule has 2 aromatic carbocycles. The van der Waals surface area contributed by atoms with Crippen molar-refractivity contribution in [1.82, 2.24) is 10.0 Å². The number of sulfonamides is 1. The first-order valence-corrected chi connectivity index (χ1v) is 11.4. The molecule has 0 heterocycles. The van der Waals surface area contributed by atoms with Crippen molar-refractivity contribution >= 4 is 21.9 Å². The number of nitrogens with one attached hydrogen (secondary N) is 2. The van der Waals surface area contributed by atoms with Crippen molar-refractivity contribution in [2.75, 3.05) is 20.3 Å². The van der Waals surface area contributed by atoms with E-state index in [0.29, 0.717) is 6.54 Å². The van der Waals surface area contributed by atoms with Crippen molar-refractivity contribution in [3.05, 3.63) is 59.7 Å². The van der Waals surface area contributed by atoms with Crippen LogP contribution in [0.4, 0.5) is 0 Å². The molecule has 0 aliphatic rings. The molecular weight excluding hydrogens is 420 g/mol. The monoisotopic (exact) mass is 448 g/mol. The Bertz CT molecular complexity index is 990. The van der Waals surface area contributed by atoms with Crippen LogP contribution >= 0.6 is 0 Å². The highest BCUT2D eigenvalue weighted by Crippen LogP contribution is 2.25. The van der Waals surface area contributed by atoms with Crippen molar-refractivity contribution in [1.29, 1.82) is 0 Å². The Kier molecular flexibility index (Phi) is 9.02. The summed E-state index contributed by atoms with van der Waals surface area (Å²) in [4.78, 5) is 24.1. The number of hydrogen-bond acceptors (Lipinski definition) is 6. The van der Waals surface area contributed by atoms with Crippen LogP contribution in [0.15, 0.2) is 53.4 Å². The number of carbonyl (C=O) groups is 2. The van der Waals surface area contributed by atoms with Crippen LogP contribution in [-0.4, -0.2) is 46.6 Å². The Labute approximate surface area is 183 Å². The summed E-state index contributed by atoms with van der Waals surface area (Å²) in [7, 11) is -2.55. The van der Waals surface area contributed by atoms with Gasteiger partial charge < -0.3 is 14.8 Å². The minimum absolute atomic E-state index is 0.00167. The lowest BCUT2D eigenvalue weighted by Gasteiger charge is -2.14. The van der Waals surface area contributed by atoms with Gasteiger partial charge in [0, 0.05) is 12.6 Å². The molecule has 0 aliphatic carbocycles. The Hall–Kier alpha value is -2.91. The van der Waals surface area contributed by atoms with Crippen LogP contribution < -0.4 is 14.8 Å². The highest BCUT2D eigenvalue weighted by molar-refractivity contribution is 7.89. The molecule has 1 amide bonds. The van der Waals surface area contributed by atoms with Crippen molar-refractivity contribution in [2.45, 2.75) is 37.6 Å². The summed E-state index contributed by atoms with van der Waals surface area (Å²) in [6.45, 7) is 3.36. The Morgan fingerprint density at radius 1 is 1.06 bits per heavy atom. The summed E-state index contributed by atoms with van der Waals surface area (Å²) in [5.74, 6) is -1.13. The van der Waals surface area contributed by atoms with Crippen LogP contribution in [0.2, 0.25) is 0 Å². The van der Waals surface area contributed by atoms with Gasteiger partial charge in [0.25, 0.3) is 5.91 Å². The predicted molar refractivity (Wildman–Crippen MR) is 117 cm³/mol. The van der Waals surface area contributed by atoms with Crippen LogP contribution in [0.3, 0.4) is 0 Å². The van der Waals surface area contributed by atoms with Gasteiger partial charge >= 0.3 is 5.97 Å². The van der Waals surface area contributed by atoms with Gasteiger partial charge in [0.15, 0.2) is 6.61 Å². The first kappa shape index (κ1) is 24.4. The van der Waals surface area contributed by atoms with Crippen LogP contribution in [0.25, 0.3) is 0 Å². The number of hydrogen-bond donors (Lipinski definition) is 2. The van der Waals surface area contributed by atoms with Crippen LogP contribution in [0.5, 0.6) is 5.75 Å². The fourth-order valence-corrected chi connectivity index (χ4v) is 4.26. The number of carbonyl (C=O) groups excluding carboxylic acids is 2. The van der Waals surface area contributed by atoms with Crippen LogP contribution in [0, 0.1) is 0 Å². The molecule has 0 radical (unpaired) electrons. The maximum atomic E-state index is 12.5. The summed E-state index contributed by atoms with van der Waals surface area (Å²) in [5.41, 5.74) is 1.18. The molecule has 0 saturated carbocycles. The summed E-state index contributed by atoms with van der Waals surface area (Å²) >= 11 is 0. The van der Waals surface area contributed by atoms with E-state index in [1.165, 1.54) is 30.9 Å². The fourth-order valence-electron chi connectivity index (χ4n) is 2.82. The maximum Gasteiger partial charge on any atom is 0.338 e. The lowest BCUT2D eigenvalue weighted by molar-refractivity contribution is -0.124. The smallest absolute Gasteiger partial charge is 0.338 e. The Morgan fingerprint density at radius 2 is 1.77 bits per heavy atom. The summed E-state index contributed by atoms with van der Waals surface area (Å²) in [5, 5.41) is 2.69. The third-order valence-corrected chi connectivity index (χ3v) is 5.90. The molecule has 0 saturated heterocycles. The molecule has 168 valence electrons. The number of amides is 1. The van der Waals surface area contributed by atoms with Crippen LogP contribution in [0.1, 0.15) is 36.2 Å². The fraction of sp³-hybridized carbons (Fsp3) is 0.364. The molecule has 2 N–H and O–H groups in total. The average molecular weight is 449 g/mol. The third-order valence-electron chi connectivity index (χ3n) is 4.22. The van der Waals surface area contributed by atoms with Gasteiger partial charge in [0.1, 0.15) is 10.6 Å². The summed E-state index contributed by atoms with van der Waals surface area (Å²) < 4.78 is 37.6. The summed E-state index contributed by atoms with van der Waals surface area (Å²) in [6.07, 6.45) is 1.58. The van der Waals surface area contributed by atoms with Gasteiger partial charge in [-0.3, -0.25) is 4.79 Å². The van der Waals surface area contributed by atoms with Gasteiger partial charge in [-0.1, -0.05) is 30.3 Å². The van der Waals surface area contributed by atoms with Gasteiger partial charge in [0.05, 0.1) is 12.7 Å². The van der Waals surface area contributed by atoms with E-state index >= 15 is 0 Å². The quantitative estimate of drug-likeness (QED) is 0.403. The number of ether oxygens (including phenoxy) is 2. The molecule has 0 unspecified atom stereocenters. The van der Waals surface area contributed by atoms with E-state index in [1.807, 2.05) is 30.3 Å². The third kappa shape index (κ3) is 7.69. The number of methoxy groups -OCH3 is 1. The van der Waals surface area contributed by atoms with E-state index in [0.717, 1.165) is 12.8 Å². The molecule has 9 heteroatoms. The van der Waals surface area contributed by atoms with Crippen molar-refractivity contribution < 1.29 is 27.5 Å².